The number of nitrogens with one attached hydrogen (secondary N) is 2. The van der Waals surface area contributed by atoms with E-state index in [0.717, 1.165) is 19.3 Å². The molecule has 0 saturated heterocycles. The molecular weight excluding hydrogens is 386 g/mol. The molecule has 0 aliphatic heterocycles. The van der Waals surface area contributed by atoms with E-state index in [9.17, 15) is 13.2 Å². The fourth-order valence-corrected chi connectivity index (χ4v) is 4.21. The smallest absolute Gasteiger partial charge is 0.261 e. The molecule has 4 N–H and O–H groups in total. The van der Waals surface area contributed by atoms with Gasteiger partial charge in [0.25, 0.3) is 10.0 Å². The predicted octanol–water partition coefficient (Wildman–Crippen LogP) is 3.37. The Kier molecular flexibility index (Phi) is 7.24. The monoisotopic (exact) mass is 409 g/mol. The first-order valence-electron chi connectivity index (χ1n) is 8.68. The minimum Gasteiger partial charge on any atom is -0.328 e. The summed E-state index contributed by atoms with van der Waals surface area (Å²) in [6.45, 7) is 0. The molecule has 1 amide bonds. The van der Waals surface area contributed by atoms with E-state index < -0.39 is 10.0 Å². The molecule has 1 aliphatic rings. The van der Waals surface area contributed by atoms with Gasteiger partial charge in [0.2, 0.25) is 5.91 Å². The van der Waals surface area contributed by atoms with E-state index in [4.69, 9.17) is 5.73 Å². The maximum absolute atomic E-state index is 12.4. The van der Waals surface area contributed by atoms with Crippen LogP contribution < -0.4 is 15.8 Å². The molecular formula is C19H24ClN3O3S. The lowest BCUT2D eigenvalue weighted by Crippen LogP contribution is -2.34. The van der Waals surface area contributed by atoms with Gasteiger partial charge in [0.1, 0.15) is 0 Å². The third kappa shape index (κ3) is 5.69. The minimum absolute atomic E-state index is 0. The van der Waals surface area contributed by atoms with E-state index in [1.807, 2.05) is 6.07 Å². The van der Waals surface area contributed by atoms with Crippen molar-refractivity contribution in [2.45, 2.75) is 36.6 Å². The van der Waals surface area contributed by atoms with Gasteiger partial charge < -0.3 is 11.1 Å². The predicted molar refractivity (Wildman–Crippen MR) is 110 cm³/mol. The van der Waals surface area contributed by atoms with Gasteiger partial charge in [-0.15, -0.1) is 12.4 Å². The van der Waals surface area contributed by atoms with E-state index in [1.165, 1.54) is 12.1 Å². The molecule has 2 atom stereocenters. The summed E-state index contributed by atoms with van der Waals surface area (Å²) in [5, 5.41) is 2.85. The molecule has 8 heteroatoms. The molecule has 1 saturated carbocycles. The molecule has 2 aromatic carbocycles. The van der Waals surface area contributed by atoms with Crippen LogP contribution in [0.3, 0.4) is 0 Å². The van der Waals surface area contributed by atoms with Crippen LogP contribution in [0.5, 0.6) is 0 Å². The lowest BCUT2D eigenvalue weighted by Gasteiger charge is -2.25. The molecule has 0 spiro atoms. The van der Waals surface area contributed by atoms with Crippen LogP contribution in [0.1, 0.15) is 25.7 Å². The highest BCUT2D eigenvalue weighted by atomic mass is 35.5. The second kappa shape index (κ2) is 9.21. The Labute approximate surface area is 166 Å². The lowest BCUT2D eigenvalue weighted by molar-refractivity contribution is -0.120. The summed E-state index contributed by atoms with van der Waals surface area (Å²) in [5.74, 6) is -0.139. The van der Waals surface area contributed by atoms with Crippen LogP contribution in [0.25, 0.3) is 0 Å². The number of halogens is 1. The second-order valence-corrected chi connectivity index (χ2v) is 8.29. The lowest BCUT2D eigenvalue weighted by atomic mass is 9.85. The van der Waals surface area contributed by atoms with Crippen LogP contribution >= 0.6 is 12.4 Å². The Balaban J connectivity index is 0.00000261. The number of hydrogen-bond donors (Lipinski definition) is 3. The van der Waals surface area contributed by atoms with Crippen LogP contribution in [0, 0.1) is 5.92 Å². The highest BCUT2D eigenvalue weighted by molar-refractivity contribution is 7.92. The second-order valence-electron chi connectivity index (χ2n) is 6.61. The Hall–Kier alpha value is -2.09. The van der Waals surface area contributed by atoms with Gasteiger partial charge in [0.05, 0.1) is 4.90 Å². The molecule has 6 nitrogen and oxygen atoms in total. The van der Waals surface area contributed by atoms with Crippen molar-refractivity contribution >= 4 is 39.7 Å². The maximum Gasteiger partial charge on any atom is 0.261 e. The average molecular weight is 410 g/mol. The van der Waals surface area contributed by atoms with Crippen molar-refractivity contribution in [3.05, 3.63) is 54.6 Å². The van der Waals surface area contributed by atoms with Gasteiger partial charge in [0, 0.05) is 23.3 Å². The largest absolute Gasteiger partial charge is 0.328 e. The SMILES string of the molecule is Cl.NC1CCCC(C(=O)Nc2ccc(S(=O)(=O)Nc3ccccc3)cc2)C1. The number of rotatable bonds is 5. The highest BCUT2D eigenvalue weighted by Gasteiger charge is 2.25. The van der Waals surface area contributed by atoms with Crippen molar-refractivity contribution in [3.8, 4) is 0 Å². The summed E-state index contributed by atoms with van der Waals surface area (Å²) < 4.78 is 27.3. The number of benzene rings is 2. The normalized spacial score (nSPS) is 19.6. The molecule has 0 aromatic heterocycles. The number of carbonyl (C=O) groups excluding carboxylic acids is 1. The van der Waals surface area contributed by atoms with E-state index in [2.05, 4.69) is 10.0 Å². The number of nitrogens with two attached hydrogens (primary N) is 1. The number of hydrogen-bond acceptors (Lipinski definition) is 4. The quantitative estimate of drug-likeness (QED) is 0.704. The van der Waals surface area contributed by atoms with Crippen LogP contribution in [0.2, 0.25) is 0 Å². The van der Waals surface area contributed by atoms with Gasteiger partial charge in [-0.3, -0.25) is 9.52 Å². The van der Waals surface area contributed by atoms with Crippen molar-refractivity contribution in [2.75, 3.05) is 10.0 Å². The van der Waals surface area contributed by atoms with E-state index in [-0.39, 0.29) is 35.2 Å². The zero-order chi connectivity index (χ0) is 18.6. The molecule has 1 fully saturated rings. The summed E-state index contributed by atoms with van der Waals surface area (Å²) in [6, 6.07) is 14.9. The zero-order valence-electron chi connectivity index (χ0n) is 14.8. The zero-order valence-corrected chi connectivity index (χ0v) is 16.4. The summed E-state index contributed by atoms with van der Waals surface area (Å²) in [6.07, 6.45) is 3.46. The molecule has 1 aliphatic carbocycles. The molecule has 0 heterocycles. The summed E-state index contributed by atoms with van der Waals surface area (Å²) in [5.41, 5.74) is 7.01. The number of carbonyl (C=O) groups is 1. The molecule has 0 radical (unpaired) electrons. The maximum atomic E-state index is 12.4. The Morgan fingerprint density at radius 1 is 0.963 bits per heavy atom. The van der Waals surface area contributed by atoms with Gasteiger partial charge in [-0.2, -0.15) is 0 Å². The Morgan fingerprint density at radius 3 is 2.26 bits per heavy atom. The number of sulfonamides is 1. The highest BCUT2D eigenvalue weighted by Crippen LogP contribution is 2.25. The fourth-order valence-electron chi connectivity index (χ4n) is 3.15. The van der Waals surface area contributed by atoms with Gasteiger partial charge in [-0.1, -0.05) is 24.6 Å². The van der Waals surface area contributed by atoms with Gasteiger partial charge in [-0.05, 0) is 55.7 Å². The average Bonchev–Trinajstić information content (AvgIpc) is 2.62. The van der Waals surface area contributed by atoms with Crippen molar-refractivity contribution in [3.63, 3.8) is 0 Å². The number of amides is 1. The third-order valence-electron chi connectivity index (χ3n) is 4.54. The van der Waals surface area contributed by atoms with Crippen LogP contribution in [0.4, 0.5) is 11.4 Å². The molecule has 146 valence electrons. The van der Waals surface area contributed by atoms with Gasteiger partial charge >= 0.3 is 0 Å². The van der Waals surface area contributed by atoms with Gasteiger partial charge in [-0.25, -0.2) is 8.42 Å². The van der Waals surface area contributed by atoms with Crippen LogP contribution in [0.15, 0.2) is 59.5 Å². The van der Waals surface area contributed by atoms with Crippen molar-refractivity contribution < 1.29 is 13.2 Å². The van der Waals surface area contributed by atoms with Crippen molar-refractivity contribution in [1.82, 2.24) is 0 Å². The van der Waals surface area contributed by atoms with Crippen molar-refractivity contribution in [1.29, 1.82) is 0 Å². The third-order valence-corrected chi connectivity index (χ3v) is 5.94. The number of anilines is 2. The van der Waals surface area contributed by atoms with E-state index >= 15 is 0 Å². The Morgan fingerprint density at radius 2 is 1.63 bits per heavy atom. The number of para-hydroxylation sites is 1. The molecule has 3 rings (SSSR count). The fraction of sp³-hybridized carbons (Fsp3) is 0.316. The van der Waals surface area contributed by atoms with Crippen molar-refractivity contribution in [2.24, 2.45) is 11.7 Å². The van der Waals surface area contributed by atoms with E-state index in [0.29, 0.717) is 17.8 Å². The van der Waals surface area contributed by atoms with Crippen LogP contribution in [-0.2, 0) is 14.8 Å². The minimum atomic E-state index is -3.67. The van der Waals surface area contributed by atoms with Gasteiger partial charge in [0.15, 0.2) is 0 Å². The molecule has 27 heavy (non-hydrogen) atoms. The molecule has 2 aromatic rings. The molecule has 2 unspecified atom stereocenters. The topological polar surface area (TPSA) is 101 Å². The summed E-state index contributed by atoms with van der Waals surface area (Å²) in [7, 11) is -3.67. The standard InChI is InChI=1S/C19H23N3O3S.ClH/c20-15-6-4-5-14(13-15)19(23)21-16-9-11-18(12-10-16)26(24,25)22-17-7-2-1-3-8-17;/h1-3,7-12,14-15,22H,4-6,13,20H2,(H,21,23);1H. The summed E-state index contributed by atoms with van der Waals surface area (Å²) >= 11 is 0. The summed E-state index contributed by atoms with van der Waals surface area (Å²) in [4.78, 5) is 12.5. The first-order valence-corrected chi connectivity index (χ1v) is 10.2. The first kappa shape index (κ1) is 21.2. The molecule has 0 bridgehead atoms. The Bertz CT molecular complexity index is 858. The van der Waals surface area contributed by atoms with E-state index in [1.54, 1.807) is 36.4 Å². The van der Waals surface area contributed by atoms with Crippen LogP contribution in [-0.4, -0.2) is 20.4 Å². The first-order chi connectivity index (χ1) is 12.4.